The van der Waals surface area contributed by atoms with Gasteiger partial charge in [-0.3, -0.25) is 0 Å². The summed E-state index contributed by atoms with van der Waals surface area (Å²) >= 11 is 0. The van der Waals surface area contributed by atoms with Crippen molar-refractivity contribution in [3.8, 4) is 22.3 Å². The van der Waals surface area contributed by atoms with Crippen LogP contribution in [-0.4, -0.2) is 26.4 Å². The number of hydrogen-bond donors (Lipinski definition) is 0. The minimum atomic E-state index is 0.621. The van der Waals surface area contributed by atoms with Gasteiger partial charge in [0.2, 0.25) is 0 Å². The van der Waals surface area contributed by atoms with E-state index in [1.54, 1.807) is 0 Å². The summed E-state index contributed by atoms with van der Waals surface area (Å²) in [4.78, 5) is 0. The Hall–Kier alpha value is -3.27. The molecule has 4 aromatic rings. The normalized spacial score (nSPS) is 10.9. The molecule has 4 rings (SSSR count). The van der Waals surface area contributed by atoms with Gasteiger partial charge in [-0.25, -0.2) is 4.57 Å². The molecular formula is C29H30NO2+. The molecule has 3 heteroatoms. The Morgan fingerprint density at radius 3 is 1.56 bits per heavy atom. The summed E-state index contributed by atoms with van der Waals surface area (Å²) in [5.74, 6) is 0. The molecule has 0 aliphatic rings. The van der Waals surface area contributed by atoms with Crippen LogP contribution in [0.1, 0.15) is 5.56 Å². The molecule has 0 atom stereocenters. The highest BCUT2D eigenvalue weighted by atomic mass is 16.5. The highest BCUT2D eigenvalue weighted by Crippen LogP contribution is 2.19. The van der Waals surface area contributed by atoms with E-state index in [0.717, 1.165) is 13.0 Å². The van der Waals surface area contributed by atoms with E-state index in [4.69, 9.17) is 9.47 Å². The Morgan fingerprint density at radius 1 is 0.469 bits per heavy atom. The molecule has 0 saturated heterocycles. The average molecular weight is 425 g/mol. The zero-order valence-electron chi connectivity index (χ0n) is 18.4. The van der Waals surface area contributed by atoms with Crippen molar-refractivity contribution in [1.29, 1.82) is 0 Å². The number of benzene rings is 3. The lowest BCUT2D eigenvalue weighted by Gasteiger charge is -2.07. The summed E-state index contributed by atoms with van der Waals surface area (Å²) in [6.07, 6.45) is 5.12. The van der Waals surface area contributed by atoms with Crippen LogP contribution in [0, 0.1) is 0 Å². The van der Waals surface area contributed by atoms with Gasteiger partial charge < -0.3 is 9.47 Å². The van der Waals surface area contributed by atoms with Crippen LogP contribution in [0.4, 0.5) is 0 Å². The van der Waals surface area contributed by atoms with Crippen molar-refractivity contribution in [3.63, 3.8) is 0 Å². The molecular weight excluding hydrogens is 394 g/mol. The molecule has 0 N–H and O–H groups in total. The summed E-state index contributed by atoms with van der Waals surface area (Å²) in [6.45, 7) is 3.47. The molecule has 0 radical (unpaired) electrons. The van der Waals surface area contributed by atoms with E-state index in [1.807, 2.05) is 12.1 Å². The van der Waals surface area contributed by atoms with Gasteiger partial charge in [-0.15, -0.1) is 0 Å². The Bertz CT molecular complexity index is 957. The van der Waals surface area contributed by atoms with Gasteiger partial charge >= 0.3 is 0 Å². The number of hydrogen-bond acceptors (Lipinski definition) is 2. The second-order valence-electron chi connectivity index (χ2n) is 7.73. The molecule has 3 aromatic carbocycles. The number of aromatic nitrogens is 1. The first-order valence-electron chi connectivity index (χ1n) is 11.2. The van der Waals surface area contributed by atoms with Crippen LogP contribution in [0.2, 0.25) is 0 Å². The first-order chi connectivity index (χ1) is 15.9. The largest absolute Gasteiger partial charge is 0.379 e. The van der Waals surface area contributed by atoms with Crippen LogP contribution >= 0.6 is 0 Å². The molecule has 162 valence electrons. The third kappa shape index (κ3) is 6.61. The minimum absolute atomic E-state index is 0.621. The topological polar surface area (TPSA) is 22.3 Å². The van der Waals surface area contributed by atoms with E-state index in [1.165, 1.54) is 27.8 Å². The van der Waals surface area contributed by atoms with E-state index in [9.17, 15) is 0 Å². The molecule has 0 saturated carbocycles. The molecule has 0 spiro atoms. The number of ether oxygens (including phenoxy) is 2. The van der Waals surface area contributed by atoms with Crippen LogP contribution in [0.5, 0.6) is 0 Å². The first kappa shape index (κ1) is 21.9. The first-order valence-corrected chi connectivity index (χ1v) is 11.2. The maximum absolute atomic E-state index is 5.74. The lowest BCUT2D eigenvalue weighted by atomic mass is 10.0. The van der Waals surface area contributed by atoms with Gasteiger partial charge in [-0.2, -0.15) is 0 Å². The number of pyridine rings is 1. The third-order valence-electron chi connectivity index (χ3n) is 5.46. The minimum Gasteiger partial charge on any atom is -0.379 e. The Balaban J connectivity index is 1.08. The van der Waals surface area contributed by atoms with Crippen molar-refractivity contribution in [2.24, 2.45) is 0 Å². The van der Waals surface area contributed by atoms with Crippen LogP contribution < -0.4 is 4.57 Å². The highest BCUT2D eigenvalue weighted by molar-refractivity contribution is 5.63. The van der Waals surface area contributed by atoms with Gasteiger partial charge in [-0.1, -0.05) is 84.9 Å². The highest BCUT2D eigenvalue weighted by Gasteiger charge is 2.03. The fourth-order valence-electron chi connectivity index (χ4n) is 3.61. The van der Waals surface area contributed by atoms with Crippen molar-refractivity contribution < 1.29 is 14.0 Å². The molecule has 0 bridgehead atoms. The summed E-state index contributed by atoms with van der Waals surface area (Å²) < 4.78 is 13.6. The molecule has 3 nitrogen and oxygen atoms in total. The van der Waals surface area contributed by atoms with Gasteiger partial charge in [0.05, 0.1) is 19.8 Å². The summed E-state index contributed by atoms with van der Waals surface area (Å²) in [7, 11) is 0. The van der Waals surface area contributed by atoms with E-state index >= 15 is 0 Å². The van der Waals surface area contributed by atoms with Crippen LogP contribution in [0.25, 0.3) is 22.3 Å². The molecule has 0 unspecified atom stereocenters. The SMILES string of the molecule is c1ccc(-c2ccc(CCOCCOCC[n+]3ccc(-c4ccccc4)cc3)cc2)cc1. The molecule has 0 aliphatic carbocycles. The van der Waals surface area contributed by atoms with E-state index in [0.29, 0.717) is 26.4 Å². The summed E-state index contributed by atoms with van der Waals surface area (Å²) in [5, 5.41) is 0. The van der Waals surface area contributed by atoms with Crippen LogP contribution in [-0.2, 0) is 22.4 Å². The van der Waals surface area contributed by atoms with Gasteiger partial charge in [0.1, 0.15) is 6.61 Å². The van der Waals surface area contributed by atoms with Crippen LogP contribution in [0.3, 0.4) is 0 Å². The zero-order chi connectivity index (χ0) is 21.8. The van der Waals surface area contributed by atoms with E-state index in [-0.39, 0.29) is 0 Å². The second kappa shape index (κ2) is 11.9. The Kier molecular flexibility index (Phi) is 8.19. The maximum Gasteiger partial charge on any atom is 0.171 e. The van der Waals surface area contributed by atoms with Gasteiger partial charge in [0, 0.05) is 12.1 Å². The van der Waals surface area contributed by atoms with Crippen molar-refractivity contribution in [2.45, 2.75) is 13.0 Å². The zero-order valence-corrected chi connectivity index (χ0v) is 18.4. The van der Waals surface area contributed by atoms with Crippen molar-refractivity contribution in [3.05, 3.63) is 115 Å². The molecule has 1 heterocycles. The van der Waals surface area contributed by atoms with Gasteiger partial charge in [0.25, 0.3) is 0 Å². The van der Waals surface area contributed by atoms with Crippen molar-refractivity contribution in [1.82, 2.24) is 0 Å². The molecule has 0 amide bonds. The Morgan fingerprint density at radius 2 is 0.969 bits per heavy atom. The summed E-state index contributed by atoms with van der Waals surface area (Å²) in [5.41, 5.74) is 6.25. The average Bonchev–Trinajstić information content (AvgIpc) is 2.87. The van der Waals surface area contributed by atoms with Gasteiger partial charge in [-0.05, 0) is 34.2 Å². The maximum atomic E-state index is 5.74. The predicted molar refractivity (Wildman–Crippen MR) is 129 cm³/mol. The van der Waals surface area contributed by atoms with Crippen molar-refractivity contribution >= 4 is 0 Å². The lowest BCUT2D eigenvalue weighted by molar-refractivity contribution is -0.698. The second-order valence-corrected chi connectivity index (χ2v) is 7.73. The molecule has 0 aliphatic heterocycles. The van der Waals surface area contributed by atoms with Crippen molar-refractivity contribution in [2.75, 3.05) is 26.4 Å². The monoisotopic (exact) mass is 424 g/mol. The molecule has 0 fully saturated rings. The fourth-order valence-corrected chi connectivity index (χ4v) is 3.61. The standard InChI is InChI=1S/C29H30NO2/c1-3-7-26(8-4-1)28-13-11-25(12-14-28)17-21-31-23-24-32-22-20-30-18-15-29(16-19-30)27-9-5-2-6-10-27/h1-16,18-19H,17,20-24H2/q+1. The quantitative estimate of drug-likeness (QED) is 0.232. The molecule has 32 heavy (non-hydrogen) atoms. The number of rotatable bonds is 11. The Labute approximate surface area is 190 Å². The number of nitrogens with zero attached hydrogens (tertiary/aromatic N) is 1. The van der Waals surface area contributed by atoms with Gasteiger partial charge in [0.15, 0.2) is 18.9 Å². The van der Waals surface area contributed by atoms with Crippen LogP contribution in [0.15, 0.2) is 109 Å². The van der Waals surface area contributed by atoms with E-state index in [2.05, 4.69) is 102 Å². The van der Waals surface area contributed by atoms with E-state index < -0.39 is 0 Å². The smallest absolute Gasteiger partial charge is 0.171 e. The summed E-state index contributed by atoms with van der Waals surface area (Å²) in [6, 6.07) is 33.9. The lowest BCUT2D eigenvalue weighted by Crippen LogP contribution is -2.35. The third-order valence-corrected chi connectivity index (χ3v) is 5.46. The molecule has 1 aromatic heterocycles. The fraction of sp³-hybridized carbons (Fsp3) is 0.207. The predicted octanol–water partition coefficient (Wildman–Crippen LogP) is 5.58.